The molecule has 0 N–H and O–H groups in total. The van der Waals surface area contributed by atoms with E-state index in [1.807, 2.05) is 55.5 Å². The van der Waals surface area contributed by atoms with Crippen molar-refractivity contribution >= 4 is 5.78 Å². The third kappa shape index (κ3) is 3.69. The molecule has 1 aromatic heterocycles. The van der Waals surface area contributed by atoms with Crippen LogP contribution in [0.25, 0.3) is 11.1 Å². The van der Waals surface area contributed by atoms with Crippen LogP contribution < -0.4 is 4.74 Å². The minimum absolute atomic E-state index is 0.0418. The van der Waals surface area contributed by atoms with Gasteiger partial charge < -0.3 is 4.74 Å². The Bertz CT molecular complexity index is 857. The molecule has 0 saturated heterocycles. The first kappa shape index (κ1) is 15.9. The summed E-state index contributed by atoms with van der Waals surface area (Å²) in [5.41, 5.74) is 4.66. The standard InChI is InChI=1S/C21H19NO2/c1-15-6-5-7-18(12-15)20-13-17(16(2)23)9-10-21(20)24-14-19-8-3-4-11-22-19/h3-13H,14H2,1-2H3. The topological polar surface area (TPSA) is 39.2 Å². The minimum atomic E-state index is 0.0418. The number of nitrogens with zero attached hydrogens (tertiary/aromatic N) is 1. The molecule has 0 aliphatic carbocycles. The summed E-state index contributed by atoms with van der Waals surface area (Å²) in [6.07, 6.45) is 1.75. The van der Waals surface area contributed by atoms with Crippen molar-refractivity contribution in [2.75, 3.05) is 0 Å². The zero-order chi connectivity index (χ0) is 16.9. The Morgan fingerprint density at radius 1 is 1.04 bits per heavy atom. The maximum atomic E-state index is 11.7. The molecule has 0 atom stereocenters. The molecule has 24 heavy (non-hydrogen) atoms. The quantitative estimate of drug-likeness (QED) is 0.632. The molecule has 0 saturated carbocycles. The predicted molar refractivity (Wildman–Crippen MR) is 95.2 cm³/mol. The number of hydrogen-bond acceptors (Lipinski definition) is 3. The molecule has 0 fully saturated rings. The lowest BCUT2D eigenvalue weighted by atomic mass is 9.99. The Hall–Kier alpha value is -2.94. The van der Waals surface area contributed by atoms with Gasteiger partial charge in [0.1, 0.15) is 12.4 Å². The van der Waals surface area contributed by atoms with Crippen molar-refractivity contribution in [1.29, 1.82) is 0 Å². The van der Waals surface area contributed by atoms with Crippen molar-refractivity contribution in [3.8, 4) is 16.9 Å². The fourth-order valence-corrected chi connectivity index (χ4v) is 2.55. The molecule has 3 nitrogen and oxygen atoms in total. The number of carbonyl (C=O) groups is 1. The second-order valence-corrected chi connectivity index (χ2v) is 5.75. The Labute approximate surface area is 142 Å². The average Bonchev–Trinajstić information content (AvgIpc) is 2.60. The van der Waals surface area contributed by atoms with Gasteiger partial charge in [0.15, 0.2) is 5.78 Å². The molecule has 0 radical (unpaired) electrons. The van der Waals surface area contributed by atoms with Crippen LogP contribution in [0.5, 0.6) is 5.75 Å². The molecule has 0 aliphatic heterocycles. The number of carbonyl (C=O) groups excluding carboxylic acids is 1. The number of aromatic nitrogens is 1. The van der Waals surface area contributed by atoms with Crippen LogP contribution in [0.1, 0.15) is 28.5 Å². The SMILES string of the molecule is CC(=O)c1ccc(OCc2ccccn2)c(-c2cccc(C)c2)c1. The van der Waals surface area contributed by atoms with Crippen LogP contribution in [0, 0.1) is 6.92 Å². The van der Waals surface area contributed by atoms with E-state index < -0.39 is 0 Å². The van der Waals surface area contributed by atoms with Crippen LogP contribution in [0.4, 0.5) is 0 Å². The average molecular weight is 317 g/mol. The van der Waals surface area contributed by atoms with Crippen LogP contribution in [-0.2, 0) is 6.61 Å². The van der Waals surface area contributed by atoms with Gasteiger partial charge in [0.25, 0.3) is 0 Å². The smallest absolute Gasteiger partial charge is 0.159 e. The molecule has 0 aliphatic rings. The monoisotopic (exact) mass is 317 g/mol. The molecule has 0 unspecified atom stereocenters. The maximum absolute atomic E-state index is 11.7. The van der Waals surface area contributed by atoms with Crippen molar-refractivity contribution in [3.05, 3.63) is 83.7 Å². The normalized spacial score (nSPS) is 10.4. The zero-order valence-corrected chi connectivity index (χ0v) is 13.8. The van der Waals surface area contributed by atoms with Crippen molar-refractivity contribution in [1.82, 2.24) is 4.98 Å². The number of rotatable bonds is 5. The van der Waals surface area contributed by atoms with Crippen LogP contribution in [0.2, 0.25) is 0 Å². The van der Waals surface area contributed by atoms with Gasteiger partial charge in [-0.25, -0.2) is 0 Å². The van der Waals surface area contributed by atoms with Gasteiger partial charge in [-0.1, -0.05) is 35.9 Å². The van der Waals surface area contributed by atoms with E-state index in [1.165, 1.54) is 0 Å². The molecule has 0 amide bonds. The summed E-state index contributed by atoms with van der Waals surface area (Å²) in [7, 11) is 0. The first-order chi connectivity index (χ1) is 11.6. The highest BCUT2D eigenvalue weighted by Crippen LogP contribution is 2.32. The lowest BCUT2D eigenvalue weighted by Gasteiger charge is -2.13. The Balaban J connectivity index is 1.97. The number of ketones is 1. The predicted octanol–water partition coefficient (Wildman–Crippen LogP) is 4.84. The molecule has 120 valence electrons. The van der Waals surface area contributed by atoms with Crippen LogP contribution in [0.15, 0.2) is 66.9 Å². The molecule has 1 heterocycles. The van der Waals surface area contributed by atoms with Crippen LogP contribution in [0.3, 0.4) is 0 Å². The van der Waals surface area contributed by atoms with Gasteiger partial charge in [-0.3, -0.25) is 9.78 Å². The second kappa shape index (κ2) is 7.09. The Morgan fingerprint density at radius 3 is 2.62 bits per heavy atom. The number of ether oxygens (including phenoxy) is 1. The van der Waals surface area contributed by atoms with Gasteiger partial charge in [-0.05, 0) is 49.7 Å². The number of Topliss-reactive ketones (excluding diaryl/α,β-unsaturated/α-hetero) is 1. The number of benzene rings is 2. The van der Waals surface area contributed by atoms with Gasteiger partial charge in [0.2, 0.25) is 0 Å². The van der Waals surface area contributed by atoms with E-state index in [0.29, 0.717) is 12.2 Å². The van der Waals surface area contributed by atoms with Gasteiger partial charge >= 0.3 is 0 Å². The lowest BCUT2D eigenvalue weighted by Crippen LogP contribution is -2.00. The minimum Gasteiger partial charge on any atom is -0.487 e. The summed E-state index contributed by atoms with van der Waals surface area (Å²) in [4.78, 5) is 16.0. The second-order valence-electron chi connectivity index (χ2n) is 5.75. The molecule has 0 bridgehead atoms. The molecule has 3 aromatic rings. The van der Waals surface area contributed by atoms with Crippen molar-refractivity contribution in [2.45, 2.75) is 20.5 Å². The molecular formula is C21H19NO2. The molecule has 0 spiro atoms. The first-order valence-corrected chi connectivity index (χ1v) is 7.88. The Morgan fingerprint density at radius 2 is 1.92 bits per heavy atom. The van der Waals surface area contributed by atoms with Crippen molar-refractivity contribution in [2.24, 2.45) is 0 Å². The third-order valence-corrected chi connectivity index (χ3v) is 3.82. The zero-order valence-electron chi connectivity index (χ0n) is 13.8. The third-order valence-electron chi connectivity index (χ3n) is 3.82. The summed E-state index contributed by atoms with van der Waals surface area (Å²) >= 11 is 0. The summed E-state index contributed by atoms with van der Waals surface area (Å²) in [5.74, 6) is 0.788. The van der Waals surface area contributed by atoms with Gasteiger partial charge in [-0.2, -0.15) is 0 Å². The van der Waals surface area contributed by atoms with Gasteiger partial charge in [0.05, 0.1) is 5.69 Å². The summed E-state index contributed by atoms with van der Waals surface area (Å²) in [6.45, 7) is 4.01. The lowest BCUT2D eigenvalue weighted by molar-refractivity contribution is 0.101. The fourth-order valence-electron chi connectivity index (χ4n) is 2.55. The summed E-state index contributed by atoms with van der Waals surface area (Å²) in [5, 5.41) is 0. The largest absolute Gasteiger partial charge is 0.487 e. The number of hydrogen-bond donors (Lipinski definition) is 0. The number of pyridine rings is 1. The van der Waals surface area contributed by atoms with Crippen LogP contribution >= 0.6 is 0 Å². The van der Waals surface area contributed by atoms with E-state index in [2.05, 4.69) is 11.1 Å². The maximum Gasteiger partial charge on any atom is 0.159 e. The van der Waals surface area contributed by atoms with Gasteiger partial charge in [0, 0.05) is 17.3 Å². The van der Waals surface area contributed by atoms with E-state index >= 15 is 0 Å². The van der Waals surface area contributed by atoms with Crippen molar-refractivity contribution < 1.29 is 9.53 Å². The van der Waals surface area contributed by atoms with E-state index in [-0.39, 0.29) is 5.78 Å². The van der Waals surface area contributed by atoms with E-state index in [9.17, 15) is 4.79 Å². The van der Waals surface area contributed by atoms with Gasteiger partial charge in [-0.15, -0.1) is 0 Å². The van der Waals surface area contributed by atoms with Crippen molar-refractivity contribution in [3.63, 3.8) is 0 Å². The van der Waals surface area contributed by atoms with E-state index in [4.69, 9.17) is 4.74 Å². The summed E-state index contributed by atoms with van der Waals surface area (Å²) in [6, 6.07) is 19.5. The highest BCUT2D eigenvalue weighted by Gasteiger charge is 2.11. The Kier molecular flexibility index (Phi) is 4.71. The van der Waals surface area contributed by atoms with Crippen LogP contribution in [-0.4, -0.2) is 10.8 Å². The number of aryl methyl sites for hydroxylation is 1. The molecule has 2 aromatic carbocycles. The molecular weight excluding hydrogens is 298 g/mol. The first-order valence-electron chi connectivity index (χ1n) is 7.88. The highest BCUT2D eigenvalue weighted by atomic mass is 16.5. The van der Waals surface area contributed by atoms with E-state index in [1.54, 1.807) is 19.2 Å². The molecule has 3 rings (SSSR count). The highest BCUT2D eigenvalue weighted by molar-refractivity contribution is 5.96. The summed E-state index contributed by atoms with van der Waals surface area (Å²) < 4.78 is 5.98. The molecule has 3 heteroatoms. The fraction of sp³-hybridized carbons (Fsp3) is 0.143. The van der Waals surface area contributed by atoms with E-state index in [0.717, 1.165) is 28.1 Å².